The summed E-state index contributed by atoms with van der Waals surface area (Å²) in [4.78, 5) is 10.4. The van der Waals surface area contributed by atoms with Crippen LogP contribution in [0.3, 0.4) is 0 Å². The number of ether oxygens (including phenoxy) is 1. The number of benzene rings is 2. The van der Waals surface area contributed by atoms with Crippen LogP contribution in [0.5, 0.6) is 5.75 Å². The van der Waals surface area contributed by atoms with Crippen molar-refractivity contribution in [3.63, 3.8) is 0 Å². The van der Waals surface area contributed by atoms with Crippen LogP contribution in [0, 0.1) is 0 Å². The second kappa shape index (κ2) is 11.4. The van der Waals surface area contributed by atoms with Gasteiger partial charge < -0.3 is 20.4 Å². The van der Waals surface area contributed by atoms with E-state index in [-0.39, 0.29) is 30.0 Å². The lowest BCUT2D eigenvalue weighted by molar-refractivity contribution is 0.245. The Morgan fingerprint density at radius 2 is 1.90 bits per heavy atom. The molecule has 4 rings (SSSR count). The lowest BCUT2D eigenvalue weighted by Gasteiger charge is -2.29. The monoisotopic (exact) mass is 533 g/mol. The molecule has 0 spiro atoms. The molecule has 1 aliphatic heterocycles. The number of methoxy groups -OCH3 is 1. The summed E-state index contributed by atoms with van der Waals surface area (Å²) < 4.78 is 5.45. The third-order valence-electron chi connectivity index (χ3n) is 5.78. The average Bonchev–Trinajstić information content (AvgIpc) is 3.46. The van der Waals surface area contributed by atoms with Crippen LogP contribution < -0.4 is 15.4 Å². The van der Waals surface area contributed by atoms with Crippen LogP contribution in [-0.2, 0) is 6.54 Å². The zero-order valence-corrected chi connectivity index (χ0v) is 20.6. The highest BCUT2D eigenvalue weighted by atomic mass is 127. The van der Waals surface area contributed by atoms with Gasteiger partial charge >= 0.3 is 0 Å². The summed E-state index contributed by atoms with van der Waals surface area (Å²) in [5.74, 6) is 1.71. The molecular weight excluding hydrogens is 501 g/mol. The molecule has 3 aromatic rings. The lowest BCUT2D eigenvalue weighted by Crippen LogP contribution is -2.42. The number of nitrogens with zero attached hydrogens (tertiary/aromatic N) is 2. The van der Waals surface area contributed by atoms with Crippen LogP contribution in [-0.4, -0.2) is 49.6 Å². The molecule has 166 valence electrons. The van der Waals surface area contributed by atoms with E-state index in [2.05, 4.69) is 68.0 Å². The Morgan fingerprint density at radius 1 is 1.10 bits per heavy atom. The number of hydrogen-bond acceptors (Lipinski definition) is 3. The second-order valence-electron chi connectivity index (χ2n) is 7.72. The minimum atomic E-state index is 0. The highest BCUT2D eigenvalue weighted by Gasteiger charge is 2.24. The van der Waals surface area contributed by atoms with Crippen molar-refractivity contribution in [3.05, 3.63) is 65.9 Å². The van der Waals surface area contributed by atoms with Gasteiger partial charge in [-0.15, -0.1) is 24.0 Å². The van der Waals surface area contributed by atoms with Gasteiger partial charge in [0, 0.05) is 24.8 Å². The quantitative estimate of drug-likeness (QED) is 0.241. The first-order valence-electron chi connectivity index (χ1n) is 10.7. The average molecular weight is 533 g/mol. The Bertz CT molecular complexity index is 963. The van der Waals surface area contributed by atoms with Gasteiger partial charge in [-0.25, -0.2) is 0 Å². The van der Waals surface area contributed by atoms with E-state index in [4.69, 9.17) is 4.74 Å². The number of para-hydroxylation sites is 1. The van der Waals surface area contributed by atoms with Gasteiger partial charge in [-0.1, -0.05) is 30.3 Å². The van der Waals surface area contributed by atoms with Gasteiger partial charge in [-0.2, -0.15) is 0 Å². The fraction of sp³-hybridized carbons (Fsp3) is 0.375. The Hall–Kier alpha value is -2.26. The number of hydrogen-bond donors (Lipinski definition) is 3. The number of rotatable bonds is 7. The van der Waals surface area contributed by atoms with Crippen molar-refractivity contribution in [2.75, 3.05) is 33.8 Å². The van der Waals surface area contributed by atoms with E-state index in [0.29, 0.717) is 6.54 Å². The van der Waals surface area contributed by atoms with Gasteiger partial charge in [0.05, 0.1) is 19.7 Å². The molecule has 0 aliphatic carbocycles. The number of aromatic amines is 1. The first-order chi connectivity index (χ1) is 14.8. The summed E-state index contributed by atoms with van der Waals surface area (Å²) in [7, 11) is 3.54. The molecule has 31 heavy (non-hydrogen) atoms. The summed E-state index contributed by atoms with van der Waals surface area (Å²) in [5.41, 5.74) is 3.57. The molecule has 0 amide bonds. The fourth-order valence-electron chi connectivity index (χ4n) is 4.18. The maximum atomic E-state index is 5.45. The van der Waals surface area contributed by atoms with E-state index in [9.17, 15) is 0 Å². The lowest BCUT2D eigenvalue weighted by atomic mass is 10.1. The van der Waals surface area contributed by atoms with Crippen LogP contribution in [0.2, 0.25) is 0 Å². The molecule has 0 radical (unpaired) electrons. The molecule has 1 fully saturated rings. The highest BCUT2D eigenvalue weighted by molar-refractivity contribution is 14.0. The van der Waals surface area contributed by atoms with E-state index in [0.717, 1.165) is 42.6 Å². The summed E-state index contributed by atoms with van der Waals surface area (Å²) in [6.45, 7) is 3.75. The number of H-pyrrole nitrogens is 1. The zero-order valence-electron chi connectivity index (χ0n) is 18.2. The van der Waals surface area contributed by atoms with E-state index in [1.54, 1.807) is 7.11 Å². The van der Waals surface area contributed by atoms with Crippen molar-refractivity contribution in [1.29, 1.82) is 0 Å². The molecule has 7 heteroatoms. The van der Waals surface area contributed by atoms with E-state index in [1.165, 1.54) is 23.8 Å². The number of likely N-dealkylation sites (tertiary alicyclic amines) is 1. The van der Waals surface area contributed by atoms with Crippen LogP contribution in [0.4, 0.5) is 0 Å². The maximum Gasteiger partial charge on any atom is 0.191 e. The molecule has 1 aliphatic rings. The number of halogens is 1. The molecular formula is C24H32IN5O. The van der Waals surface area contributed by atoms with E-state index < -0.39 is 0 Å². The van der Waals surface area contributed by atoms with Gasteiger partial charge in [0.1, 0.15) is 5.75 Å². The SMILES string of the molecule is CN=C(NCc1cc2ccccc2[nH]1)NCC(c1cccc(OC)c1)N1CCCC1.I. The predicted molar refractivity (Wildman–Crippen MR) is 138 cm³/mol. The zero-order chi connectivity index (χ0) is 20.8. The molecule has 1 aromatic heterocycles. The van der Waals surface area contributed by atoms with Gasteiger partial charge in [0.15, 0.2) is 5.96 Å². The molecule has 3 N–H and O–H groups in total. The third kappa shape index (κ3) is 5.92. The van der Waals surface area contributed by atoms with E-state index in [1.807, 2.05) is 19.2 Å². The normalized spacial score (nSPS) is 15.5. The Labute approximate surface area is 201 Å². The van der Waals surface area contributed by atoms with Gasteiger partial charge in [-0.05, 0) is 61.1 Å². The first kappa shape index (κ1) is 23.4. The molecule has 1 atom stereocenters. The summed E-state index contributed by atoms with van der Waals surface area (Å²) in [6, 6.07) is 19.2. The molecule has 6 nitrogen and oxygen atoms in total. The topological polar surface area (TPSA) is 64.7 Å². The number of aromatic nitrogens is 1. The minimum Gasteiger partial charge on any atom is -0.497 e. The van der Waals surface area contributed by atoms with Crippen molar-refractivity contribution in [3.8, 4) is 5.75 Å². The highest BCUT2D eigenvalue weighted by Crippen LogP contribution is 2.27. The van der Waals surface area contributed by atoms with Crippen LogP contribution in [0.15, 0.2) is 59.6 Å². The van der Waals surface area contributed by atoms with E-state index >= 15 is 0 Å². The van der Waals surface area contributed by atoms with Gasteiger partial charge in [0.2, 0.25) is 0 Å². The molecule has 1 unspecified atom stereocenters. The molecule has 0 saturated carbocycles. The third-order valence-corrected chi connectivity index (χ3v) is 5.78. The molecule has 1 saturated heterocycles. The smallest absolute Gasteiger partial charge is 0.191 e. The van der Waals surface area contributed by atoms with Crippen molar-refractivity contribution in [2.24, 2.45) is 4.99 Å². The standard InChI is InChI=1S/C24H31N5O.HI/c1-25-24(26-16-20-14-18-8-3-4-11-22(18)28-20)27-17-23(29-12-5-6-13-29)19-9-7-10-21(15-19)30-2;/h3-4,7-11,14-15,23,28H,5-6,12-13,16-17H2,1-2H3,(H2,25,26,27);1H. The van der Waals surface area contributed by atoms with Crippen molar-refractivity contribution in [1.82, 2.24) is 20.5 Å². The number of aliphatic imine (C=N–C) groups is 1. The minimum absolute atomic E-state index is 0. The fourth-order valence-corrected chi connectivity index (χ4v) is 4.18. The maximum absolute atomic E-state index is 5.45. The largest absolute Gasteiger partial charge is 0.497 e. The molecule has 2 heterocycles. The number of nitrogens with one attached hydrogen (secondary N) is 3. The predicted octanol–water partition coefficient (Wildman–Crippen LogP) is 4.30. The van der Waals surface area contributed by atoms with Gasteiger partial charge in [-0.3, -0.25) is 9.89 Å². The van der Waals surface area contributed by atoms with Crippen LogP contribution in [0.1, 0.15) is 30.1 Å². The first-order valence-corrected chi connectivity index (χ1v) is 10.7. The van der Waals surface area contributed by atoms with Crippen molar-refractivity contribution in [2.45, 2.75) is 25.4 Å². The Balaban J connectivity index is 0.00000272. The van der Waals surface area contributed by atoms with Crippen molar-refractivity contribution >= 4 is 40.8 Å². The molecule has 0 bridgehead atoms. The summed E-state index contributed by atoms with van der Waals surface area (Å²) >= 11 is 0. The summed E-state index contributed by atoms with van der Waals surface area (Å²) in [5, 5.41) is 8.19. The Morgan fingerprint density at radius 3 is 2.65 bits per heavy atom. The van der Waals surface area contributed by atoms with Crippen LogP contribution in [0.25, 0.3) is 10.9 Å². The van der Waals surface area contributed by atoms with Crippen molar-refractivity contribution < 1.29 is 4.74 Å². The summed E-state index contributed by atoms with van der Waals surface area (Å²) in [6.07, 6.45) is 2.52. The second-order valence-corrected chi connectivity index (χ2v) is 7.72. The number of guanidine groups is 1. The number of fused-ring (bicyclic) bond motifs is 1. The van der Waals surface area contributed by atoms with Gasteiger partial charge in [0.25, 0.3) is 0 Å². The van der Waals surface area contributed by atoms with Crippen LogP contribution >= 0.6 is 24.0 Å². The Kier molecular flexibility index (Phi) is 8.60. The molecule has 2 aromatic carbocycles.